The lowest BCUT2D eigenvalue weighted by Gasteiger charge is -2.26. The molecule has 1 amide bonds. The Labute approximate surface area is 174 Å². The molecule has 1 fully saturated rings. The second-order valence-corrected chi connectivity index (χ2v) is 9.96. The maximum Gasteiger partial charge on any atom is 0.254 e. The number of halogens is 1. The molecular weight excluding hydrogens is 420 g/mol. The van der Waals surface area contributed by atoms with Crippen molar-refractivity contribution in [1.82, 2.24) is 9.21 Å². The Hall–Kier alpha value is -1.71. The predicted molar refractivity (Wildman–Crippen MR) is 110 cm³/mol. The first-order valence-corrected chi connectivity index (χ1v) is 11.4. The molecule has 1 aliphatic rings. The minimum atomic E-state index is -3.66. The highest BCUT2D eigenvalue weighted by atomic mass is 35.5. The molecule has 0 radical (unpaired) electrons. The molecule has 1 aromatic carbocycles. The molecule has 0 aliphatic carbocycles. The number of rotatable bonds is 7. The summed E-state index contributed by atoms with van der Waals surface area (Å²) in [7, 11) is -3.66. The first kappa shape index (κ1) is 21.0. The van der Waals surface area contributed by atoms with Crippen LogP contribution in [0.15, 0.2) is 53.9 Å². The normalized spacial score (nSPS) is 15.3. The largest absolute Gasteiger partial charge is 0.379 e. The number of benzene rings is 1. The fourth-order valence-electron chi connectivity index (χ4n) is 2.91. The summed E-state index contributed by atoms with van der Waals surface area (Å²) in [6.07, 6.45) is 1.64. The average molecular weight is 441 g/mol. The van der Waals surface area contributed by atoms with Gasteiger partial charge in [-0.05, 0) is 30.3 Å². The van der Waals surface area contributed by atoms with E-state index in [1.165, 1.54) is 27.8 Å². The van der Waals surface area contributed by atoms with Crippen molar-refractivity contribution in [3.8, 4) is 0 Å². The minimum absolute atomic E-state index is 0.109. The van der Waals surface area contributed by atoms with E-state index in [1.807, 2.05) is 6.07 Å². The quantitative estimate of drug-likeness (QED) is 0.620. The van der Waals surface area contributed by atoms with Crippen molar-refractivity contribution >= 4 is 38.9 Å². The summed E-state index contributed by atoms with van der Waals surface area (Å²) >= 11 is 7.38. The summed E-state index contributed by atoms with van der Waals surface area (Å²) in [5, 5.41) is 0. The van der Waals surface area contributed by atoms with Crippen LogP contribution in [0.25, 0.3) is 0 Å². The first-order valence-electron chi connectivity index (χ1n) is 8.74. The number of hydrogen-bond acceptors (Lipinski definition) is 5. The van der Waals surface area contributed by atoms with Crippen LogP contribution in [-0.4, -0.2) is 56.4 Å². The third-order valence-corrected chi connectivity index (χ3v) is 7.41. The van der Waals surface area contributed by atoms with Crippen LogP contribution in [0.4, 0.5) is 0 Å². The van der Waals surface area contributed by atoms with Gasteiger partial charge in [0.2, 0.25) is 10.0 Å². The molecule has 2 aromatic rings. The zero-order valence-electron chi connectivity index (χ0n) is 15.2. The van der Waals surface area contributed by atoms with Crippen molar-refractivity contribution in [2.75, 3.05) is 32.8 Å². The van der Waals surface area contributed by atoms with Crippen molar-refractivity contribution in [3.63, 3.8) is 0 Å². The van der Waals surface area contributed by atoms with Gasteiger partial charge in [0, 0.05) is 30.1 Å². The molecule has 0 N–H and O–H groups in total. The van der Waals surface area contributed by atoms with Gasteiger partial charge in [-0.1, -0.05) is 23.7 Å². The second kappa shape index (κ2) is 9.19. The van der Waals surface area contributed by atoms with Crippen LogP contribution in [0.2, 0.25) is 4.34 Å². The van der Waals surface area contributed by atoms with Gasteiger partial charge in [0.25, 0.3) is 5.91 Å². The van der Waals surface area contributed by atoms with Crippen molar-refractivity contribution in [1.29, 1.82) is 0 Å². The lowest BCUT2D eigenvalue weighted by molar-refractivity contribution is 0.0729. The van der Waals surface area contributed by atoms with Crippen LogP contribution in [0.5, 0.6) is 0 Å². The number of ether oxygens (including phenoxy) is 1. The lowest BCUT2D eigenvalue weighted by atomic mass is 10.2. The molecular formula is C19H21ClN2O4S2. The highest BCUT2D eigenvalue weighted by Crippen LogP contribution is 2.24. The molecule has 28 heavy (non-hydrogen) atoms. The smallest absolute Gasteiger partial charge is 0.254 e. The van der Waals surface area contributed by atoms with Crippen LogP contribution in [0, 0.1) is 0 Å². The van der Waals surface area contributed by atoms with Gasteiger partial charge in [-0.3, -0.25) is 4.79 Å². The van der Waals surface area contributed by atoms with Gasteiger partial charge in [-0.25, -0.2) is 8.42 Å². The van der Waals surface area contributed by atoms with Crippen LogP contribution in [0.3, 0.4) is 0 Å². The van der Waals surface area contributed by atoms with Crippen LogP contribution in [0.1, 0.15) is 15.2 Å². The van der Waals surface area contributed by atoms with Gasteiger partial charge in [0.1, 0.15) is 0 Å². The summed E-state index contributed by atoms with van der Waals surface area (Å²) in [5.41, 5.74) is 0.318. The van der Waals surface area contributed by atoms with Crippen LogP contribution in [-0.2, 0) is 21.3 Å². The van der Waals surface area contributed by atoms with E-state index in [2.05, 4.69) is 6.58 Å². The fourth-order valence-corrected chi connectivity index (χ4v) is 5.47. The number of carbonyl (C=O) groups excluding carboxylic acids is 1. The van der Waals surface area contributed by atoms with Gasteiger partial charge in [0.05, 0.1) is 29.0 Å². The number of thiophene rings is 1. The van der Waals surface area contributed by atoms with Crippen LogP contribution >= 0.6 is 22.9 Å². The molecule has 0 spiro atoms. The van der Waals surface area contributed by atoms with Gasteiger partial charge in [-0.15, -0.1) is 17.9 Å². The van der Waals surface area contributed by atoms with E-state index in [0.717, 1.165) is 4.88 Å². The topological polar surface area (TPSA) is 66.9 Å². The zero-order chi connectivity index (χ0) is 20.1. The Morgan fingerprint density at radius 2 is 2.04 bits per heavy atom. The minimum Gasteiger partial charge on any atom is -0.379 e. The number of sulfonamides is 1. The monoisotopic (exact) mass is 440 g/mol. The number of nitrogens with zero attached hydrogens (tertiary/aromatic N) is 2. The summed E-state index contributed by atoms with van der Waals surface area (Å²) in [4.78, 5) is 15.7. The first-order chi connectivity index (χ1) is 13.4. The molecule has 9 heteroatoms. The summed E-state index contributed by atoms with van der Waals surface area (Å²) < 4.78 is 33.0. The van der Waals surface area contributed by atoms with E-state index in [4.69, 9.17) is 16.3 Å². The lowest BCUT2D eigenvalue weighted by Crippen LogP contribution is -2.40. The SMILES string of the molecule is C=CCN(Cc1ccc(Cl)s1)C(=O)c1cccc(S(=O)(=O)N2CCOCC2)c1. The van der Waals surface area contributed by atoms with E-state index < -0.39 is 10.0 Å². The van der Waals surface area contributed by atoms with E-state index in [0.29, 0.717) is 49.3 Å². The Kier molecular flexibility index (Phi) is 6.90. The summed E-state index contributed by atoms with van der Waals surface area (Å²) in [6, 6.07) is 9.82. The van der Waals surface area contributed by atoms with E-state index >= 15 is 0 Å². The number of carbonyl (C=O) groups is 1. The summed E-state index contributed by atoms with van der Waals surface area (Å²) in [6.45, 7) is 5.78. The Balaban J connectivity index is 1.84. The molecule has 2 heterocycles. The molecule has 1 aliphatic heterocycles. The predicted octanol–water partition coefficient (Wildman–Crippen LogP) is 3.25. The highest BCUT2D eigenvalue weighted by Gasteiger charge is 2.27. The van der Waals surface area contributed by atoms with Crippen molar-refractivity contribution in [2.45, 2.75) is 11.4 Å². The van der Waals surface area contributed by atoms with E-state index in [1.54, 1.807) is 29.2 Å². The Morgan fingerprint density at radius 1 is 1.29 bits per heavy atom. The molecule has 0 bridgehead atoms. The zero-order valence-corrected chi connectivity index (χ0v) is 17.6. The molecule has 0 atom stereocenters. The molecule has 0 unspecified atom stereocenters. The number of amides is 1. The van der Waals surface area contributed by atoms with Crippen molar-refractivity contribution in [3.05, 3.63) is 63.8 Å². The average Bonchev–Trinajstić information content (AvgIpc) is 3.12. The third-order valence-electron chi connectivity index (χ3n) is 4.30. The standard InChI is InChI=1S/C19H21ClN2O4S2/c1-2-8-21(14-16-6-7-18(20)27-16)19(23)15-4-3-5-17(13-15)28(24,25)22-9-11-26-12-10-22/h2-7,13H,1,8-12,14H2. The second-order valence-electron chi connectivity index (χ2n) is 6.22. The summed E-state index contributed by atoms with van der Waals surface area (Å²) in [5.74, 6) is -0.261. The highest BCUT2D eigenvalue weighted by molar-refractivity contribution is 7.89. The van der Waals surface area contributed by atoms with Gasteiger partial charge < -0.3 is 9.64 Å². The Morgan fingerprint density at radius 3 is 2.68 bits per heavy atom. The van der Waals surface area contributed by atoms with E-state index in [9.17, 15) is 13.2 Å². The third kappa shape index (κ3) is 4.82. The maximum absolute atomic E-state index is 13.0. The van der Waals surface area contributed by atoms with Crippen molar-refractivity contribution in [2.24, 2.45) is 0 Å². The van der Waals surface area contributed by atoms with Gasteiger partial charge >= 0.3 is 0 Å². The van der Waals surface area contributed by atoms with Gasteiger partial charge in [-0.2, -0.15) is 4.31 Å². The molecule has 3 rings (SSSR count). The molecule has 1 aromatic heterocycles. The van der Waals surface area contributed by atoms with E-state index in [-0.39, 0.29) is 10.8 Å². The number of morpholine rings is 1. The van der Waals surface area contributed by atoms with Crippen LogP contribution < -0.4 is 0 Å². The number of hydrogen-bond donors (Lipinski definition) is 0. The van der Waals surface area contributed by atoms with Gasteiger partial charge in [0.15, 0.2) is 0 Å². The molecule has 150 valence electrons. The van der Waals surface area contributed by atoms with Crippen molar-refractivity contribution < 1.29 is 17.9 Å². The molecule has 6 nitrogen and oxygen atoms in total. The Bertz CT molecular complexity index is 952. The molecule has 0 saturated carbocycles. The maximum atomic E-state index is 13.0. The fraction of sp³-hybridized carbons (Fsp3) is 0.316. The molecule has 1 saturated heterocycles.